The van der Waals surface area contributed by atoms with Crippen LogP contribution in [0.15, 0.2) is 46.5 Å². The fourth-order valence-corrected chi connectivity index (χ4v) is 2.34. The van der Waals surface area contributed by atoms with E-state index in [-0.39, 0.29) is 16.4 Å². The maximum atomic E-state index is 13.0. The molecule has 0 aliphatic rings. The molecule has 0 spiro atoms. The molecule has 1 heterocycles. The summed E-state index contributed by atoms with van der Waals surface area (Å²) >= 11 is 7.10. The van der Waals surface area contributed by atoms with Crippen LogP contribution in [0.4, 0.5) is 4.39 Å². The van der Waals surface area contributed by atoms with E-state index in [2.05, 4.69) is 4.98 Å². The number of carboxylic acid groups (broad SMARTS) is 1. The molecular formula is C12H7ClFNO2S. The van der Waals surface area contributed by atoms with E-state index in [1.165, 1.54) is 36.2 Å². The molecule has 2 aromatic rings. The average Bonchev–Trinajstić information content (AvgIpc) is 2.31. The van der Waals surface area contributed by atoms with Crippen LogP contribution in [0.5, 0.6) is 0 Å². The average molecular weight is 284 g/mol. The van der Waals surface area contributed by atoms with Crippen molar-refractivity contribution in [2.24, 2.45) is 0 Å². The Balaban J connectivity index is 2.27. The molecule has 0 bridgehead atoms. The highest BCUT2D eigenvalue weighted by molar-refractivity contribution is 7.99. The lowest BCUT2D eigenvalue weighted by Crippen LogP contribution is -1.97. The predicted molar refractivity (Wildman–Crippen MR) is 66.7 cm³/mol. The number of carbonyl (C=O) groups is 1. The number of halogens is 2. The molecular weight excluding hydrogens is 277 g/mol. The Kier molecular flexibility index (Phi) is 3.84. The lowest BCUT2D eigenvalue weighted by Gasteiger charge is -2.04. The van der Waals surface area contributed by atoms with Gasteiger partial charge in [-0.25, -0.2) is 14.2 Å². The van der Waals surface area contributed by atoms with Crippen LogP contribution in [0, 0.1) is 5.82 Å². The van der Waals surface area contributed by atoms with Gasteiger partial charge in [-0.05, 0) is 24.3 Å². The van der Waals surface area contributed by atoms with Crippen molar-refractivity contribution in [3.8, 4) is 0 Å². The molecule has 18 heavy (non-hydrogen) atoms. The number of benzene rings is 1. The van der Waals surface area contributed by atoms with Crippen LogP contribution in [-0.4, -0.2) is 16.1 Å². The third-order valence-electron chi connectivity index (χ3n) is 2.06. The molecule has 0 saturated heterocycles. The second-order valence-electron chi connectivity index (χ2n) is 3.38. The van der Waals surface area contributed by atoms with E-state index < -0.39 is 5.97 Å². The number of aromatic nitrogens is 1. The molecule has 0 saturated carbocycles. The maximum Gasteiger partial charge on any atom is 0.337 e. The molecule has 0 fully saturated rings. The minimum Gasteiger partial charge on any atom is -0.478 e. The van der Waals surface area contributed by atoms with Crippen molar-refractivity contribution in [2.75, 3.05) is 0 Å². The number of carboxylic acids is 1. The smallest absolute Gasteiger partial charge is 0.337 e. The molecule has 3 nitrogen and oxygen atoms in total. The number of aromatic carboxylic acids is 1. The summed E-state index contributed by atoms with van der Waals surface area (Å²) in [6.07, 6.45) is 1.22. The van der Waals surface area contributed by atoms with Crippen molar-refractivity contribution in [3.63, 3.8) is 0 Å². The van der Waals surface area contributed by atoms with Crippen LogP contribution in [0.3, 0.4) is 0 Å². The predicted octanol–water partition coefficient (Wildman–Crippen LogP) is 3.72. The third-order valence-corrected chi connectivity index (χ3v) is 3.47. The van der Waals surface area contributed by atoms with Gasteiger partial charge >= 0.3 is 5.97 Å². The van der Waals surface area contributed by atoms with Crippen molar-refractivity contribution in [2.45, 2.75) is 9.92 Å². The lowest BCUT2D eigenvalue weighted by molar-refractivity contribution is 0.0696. The Morgan fingerprint density at radius 2 is 2.17 bits per heavy atom. The largest absolute Gasteiger partial charge is 0.478 e. The number of hydrogen-bond acceptors (Lipinski definition) is 3. The maximum absolute atomic E-state index is 13.0. The zero-order chi connectivity index (χ0) is 13.1. The summed E-state index contributed by atoms with van der Waals surface area (Å²) in [4.78, 5) is 15.3. The summed E-state index contributed by atoms with van der Waals surface area (Å²) in [7, 11) is 0. The summed E-state index contributed by atoms with van der Waals surface area (Å²) in [6.45, 7) is 0. The molecule has 1 aromatic carbocycles. The van der Waals surface area contributed by atoms with Gasteiger partial charge in [0, 0.05) is 11.1 Å². The van der Waals surface area contributed by atoms with Gasteiger partial charge in [-0.2, -0.15) is 0 Å². The van der Waals surface area contributed by atoms with Gasteiger partial charge in [0.15, 0.2) is 0 Å². The topological polar surface area (TPSA) is 50.2 Å². The second kappa shape index (κ2) is 5.37. The van der Waals surface area contributed by atoms with E-state index in [1.54, 1.807) is 12.1 Å². The Labute approximate surface area is 112 Å². The molecule has 2 rings (SSSR count). The molecule has 6 heteroatoms. The fraction of sp³-hybridized carbons (Fsp3) is 0. The van der Waals surface area contributed by atoms with Gasteiger partial charge in [0.2, 0.25) is 0 Å². The molecule has 0 aliphatic heterocycles. The first-order valence-electron chi connectivity index (χ1n) is 4.88. The highest BCUT2D eigenvalue weighted by Gasteiger charge is 2.10. The molecule has 0 atom stereocenters. The highest BCUT2D eigenvalue weighted by Crippen LogP contribution is 2.32. The SMILES string of the molecule is O=C(O)c1cnc(Sc2cccc(F)c2)c(Cl)c1. The zero-order valence-corrected chi connectivity index (χ0v) is 10.5. The zero-order valence-electron chi connectivity index (χ0n) is 8.93. The van der Waals surface area contributed by atoms with Crippen LogP contribution < -0.4 is 0 Å². The van der Waals surface area contributed by atoms with Crippen molar-refractivity contribution in [1.82, 2.24) is 4.98 Å². The van der Waals surface area contributed by atoms with Gasteiger partial charge < -0.3 is 5.11 Å². The Hall–Kier alpha value is -1.59. The van der Waals surface area contributed by atoms with Crippen LogP contribution >= 0.6 is 23.4 Å². The van der Waals surface area contributed by atoms with E-state index >= 15 is 0 Å². The lowest BCUT2D eigenvalue weighted by atomic mass is 10.3. The Morgan fingerprint density at radius 1 is 1.39 bits per heavy atom. The summed E-state index contributed by atoms with van der Waals surface area (Å²) in [5.41, 5.74) is 0.0172. The summed E-state index contributed by atoms with van der Waals surface area (Å²) < 4.78 is 13.0. The van der Waals surface area contributed by atoms with Crippen LogP contribution in [0.25, 0.3) is 0 Å². The van der Waals surface area contributed by atoms with Crippen molar-refractivity contribution in [3.05, 3.63) is 52.9 Å². The first-order valence-corrected chi connectivity index (χ1v) is 6.08. The van der Waals surface area contributed by atoms with Gasteiger partial charge in [0.1, 0.15) is 10.8 Å². The minimum atomic E-state index is -1.09. The molecule has 0 unspecified atom stereocenters. The first-order chi connectivity index (χ1) is 8.56. The van der Waals surface area contributed by atoms with Crippen LogP contribution in [0.2, 0.25) is 5.02 Å². The monoisotopic (exact) mass is 283 g/mol. The first kappa shape index (κ1) is 12.9. The highest BCUT2D eigenvalue weighted by atomic mass is 35.5. The van der Waals surface area contributed by atoms with Crippen molar-refractivity contribution < 1.29 is 14.3 Å². The number of rotatable bonds is 3. The number of nitrogens with zero attached hydrogens (tertiary/aromatic N) is 1. The molecule has 0 aliphatic carbocycles. The van der Waals surface area contributed by atoms with Gasteiger partial charge in [0.05, 0.1) is 10.6 Å². The van der Waals surface area contributed by atoms with Gasteiger partial charge in [-0.3, -0.25) is 0 Å². The normalized spacial score (nSPS) is 10.3. The van der Waals surface area contributed by atoms with Gasteiger partial charge in [0.25, 0.3) is 0 Å². The Bertz CT molecular complexity index is 606. The fourth-order valence-electron chi connectivity index (χ4n) is 1.26. The van der Waals surface area contributed by atoms with E-state index in [4.69, 9.17) is 16.7 Å². The molecule has 1 N–H and O–H groups in total. The number of hydrogen-bond donors (Lipinski definition) is 1. The van der Waals surface area contributed by atoms with E-state index in [9.17, 15) is 9.18 Å². The quantitative estimate of drug-likeness (QED) is 0.932. The minimum absolute atomic E-state index is 0.0172. The van der Waals surface area contributed by atoms with E-state index in [0.29, 0.717) is 9.92 Å². The standard InChI is InChI=1S/C12H7ClFNO2S/c13-10-4-7(12(16)17)6-15-11(10)18-9-3-1-2-8(14)5-9/h1-6H,(H,16,17). The molecule has 92 valence electrons. The van der Waals surface area contributed by atoms with Gasteiger partial charge in [-0.1, -0.05) is 29.4 Å². The van der Waals surface area contributed by atoms with Gasteiger partial charge in [-0.15, -0.1) is 0 Å². The second-order valence-corrected chi connectivity index (χ2v) is 4.84. The van der Waals surface area contributed by atoms with Crippen molar-refractivity contribution >= 4 is 29.3 Å². The molecule has 1 aromatic heterocycles. The molecule has 0 amide bonds. The summed E-state index contributed by atoms with van der Waals surface area (Å²) in [6, 6.07) is 7.31. The Morgan fingerprint density at radius 3 is 2.78 bits per heavy atom. The number of pyridine rings is 1. The van der Waals surface area contributed by atoms with Crippen LogP contribution in [-0.2, 0) is 0 Å². The summed E-state index contributed by atoms with van der Waals surface area (Å²) in [5.74, 6) is -1.44. The van der Waals surface area contributed by atoms with E-state index in [0.717, 1.165) is 0 Å². The third kappa shape index (κ3) is 3.00. The summed E-state index contributed by atoms with van der Waals surface area (Å²) in [5, 5.41) is 9.43. The molecule has 0 radical (unpaired) electrons. The van der Waals surface area contributed by atoms with E-state index in [1.807, 2.05) is 0 Å². The van der Waals surface area contributed by atoms with Crippen molar-refractivity contribution in [1.29, 1.82) is 0 Å². The van der Waals surface area contributed by atoms with Crippen LogP contribution in [0.1, 0.15) is 10.4 Å².